The first-order valence-corrected chi connectivity index (χ1v) is 7.50. The molecular weight excluding hydrogens is 316 g/mol. The number of rotatable bonds is 4. The molecule has 1 amide bonds. The second-order valence-electron chi connectivity index (χ2n) is 5.21. The summed E-state index contributed by atoms with van der Waals surface area (Å²) < 4.78 is 1.02. The molecule has 1 atom stereocenters. The van der Waals surface area contributed by atoms with E-state index in [1.165, 1.54) is 0 Å². The number of hydrogen-bond acceptors (Lipinski definition) is 2. The molecule has 0 fully saturated rings. The molecular formula is C16H19BrN2O. The Morgan fingerprint density at radius 3 is 2.50 bits per heavy atom. The number of amides is 1. The van der Waals surface area contributed by atoms with Crippen molar-refractivity contribution in [2.75, 3.05) is 11.9 Å². The molecule has 0 aliphatic carbocycles. The van der Waals surface area contributed by atoms with Crippen LogP contribution in [-0.4, -0.2) is 12.5 Å². The molecule has 3 nitrogen and oxygen atoms in total. The molecule has 0 saturated carbocycles. The maximum atomic E-state index is 12.4. The number of carbonyl (C=O) groups is 1. The highest BCUT2D eigenvalue weighted by Crippen LogP contribution is 2.31. The standard InChI is InChI=1S/C16H19BrN2O/c1-3-16(2,10-18)15(20)19-14-9-8-13(17)11-6-4-5-7-12(11)14/h4-9H,3,10,18H2,1-2H3,(H,19,20). The number of fused-ring (bicyclic) bond motifs is 1. The molecule has 0 spiro atoms. The van der Waals surface area contributed by atoms with Crippen LogP contribution in [0, 0.1) is 5.41 Å². The minimum absolute atomic E-state index is 0.0324. The topological polar surface area (TPSA) is 55.1 Å². The van der Waals surface area contributed by atoms with Crippen LogP contribution >= 0.6 is 15.9 Å². The summed E-state index contributed by atoms with van der Waals surface area (Å²) in [6, 6.07) is 11.8. The van der Waals surface area contributed by atoms with Crippen molar-refractivity contribution in [2.24, 2.45) is 11.1 Å². The van der Waals surface area contributed by atoms with Crippen LogP contribution in [-0.2, 0) is 4.79 Å². The maximum absolute atomic E-state index is 12.4. The lowest BCUT2D eigenvalue weighted by Crippen LogP contribution is -2.39. The van der Waals surface area contributed by atoms with Crippen LogP contribution in [0.5, 0.6) is 0 Å². The van der Waals surface area contributed by atoms with Crippen LogP contribution in [0.25, 0.3) is 10.8 Å². The SMILES string of the molecule is CCC(C)(CN)C(=O)Nc1ccc(Br)c2ccccc12. The van der Waals surface area contributed by atoms with Gasteiger partial charge in [0.2, 0.25) is 5.91 Å². The second kappa shape index (κ2) is 5.94. The fourth-order valence-corrected chi connectivity index (χ4v) is 2.52. The molecule has 1 unspecified atom stereocenters. The lowest BCUT2D eigenvalue weighted by molar-refractivity contribution is -0.124. The third kappa shape index (κ3) is 2.72. The number of hydrogen-bond donors (Lipinski definition) is 2. The van der Waals surface area contributed by atoms with Crippen molar-refractivity contribution < 1.29 is 4.79 Å². The van der Waals surface area contributed by atoms with Gasteiger partial charge in [0, 0.05) is 22.1 Å². The van der Waals surface area contributed by atoms with Crippen molar-refractivity contribution in [3.63, 3.8) is 0 Å². The number of halogens is 1. The Balaban J connectivity index is 2.40. The molecule has 106 valence electrons. The van der Waals surface area contributed by atoms with Crippen LogP contribution in [0.3, 0.4) is 0 Å². The lowest BCUT2D eigenvalue weighted by Gasteiger charge is -2.25. The molecule has 0 aliphatic heterocycles. The van der Waals surface area contributed by atoms with E-state index in [1.54, 1.807) is 0 Å². The summed E-state index contributed by atoms with van der Waals surface area (Å²) in [7, 11) is 0. The molecule has 4 heteroatoms. The zero-order valence-corrected chi connectivity index (χ0v) is 13.3. The Morgan fingerprint density at radius 1 is 1.25 bits per heavy atom. The number of carbonyl (C=O) groups excluding carboxylic acids is 1. The van der Waals surface area contributed by atoms with Gasteiger partial charge in [0.25, 0.3) is 0 Å². The monoisotopic (exact) mass is 334 g/mol. The van der Waals surface area contributed by atoms with Gasteiger partial charge >= 0.3 is 0 Å². The van der Waals surface area contributed by atoms with Crippen LogP contribution in [0.4, 0.5) is 5.69 Å². The van der Waals surface area contributed by atoms with Crippen molar-refractivity contribution in [1.29, 1.82) is 0 Å². The fraction of sp³-hybridized carbons (Fsp3) is 0.312. The number of nitrogens with two attached hydrogens (primary N) is 1. The third-order valence-electron chi connectivity index (χ3n) is 3.90. The first-order chi connectivity index (χ1) is 9.51. The minimum Gasteiger partial charge on any atom is -0.329 e. The highest BCUT2D eigenvalue weighted by atomic mass is 79.9. The number of anilines is 1. The largest absolute Gasteiger partial charge is 0.329 e. The molecule has 0 heterocycles. The molecule has 20 heavy (non-hydrogen) atoms. The fourth-order valence-electron chi connectivity index (χ4n) is 2.04. The summed E-state index contributed by atoms with van der Waals surface area (Å²) in [5, 5.41) is 5.11. The average Bonchev–Trinajstić information content (AvgIpc) is 2.49. The van der Waals surface area contributed by atoms with E-state index in [-0.39, 0.29) is 5.91 Å². The minimum atomic E-state index is -0.534. The highest BCUT2D eigenvalue weighted by molar-refractivity contribution is 9.10. The van der Waals surface area contributed by atoms with Gasteiger partial charge in [-0.05, 0) is 30.9 Å². The average molecular weight is 335 g/mol. The van der Waals surface area contributed by atoms with Crippen molar-refractivity contribution in [3.05, 3.63) is 40.9 Å². The van der Waals surface area contributed by atoms with Gasteiger partial charge in [0.05, 0.1) is 5.41 Å². The summed E-state index contributed by atoms with van der Waals surface area (Å²) in [5.74, 6) is -0.0324. The molecule has 0 bridgehead atoms. The van der Waals surface area contributed by atoms with Gasteiger partial charge < -0.3 is 11.1 Å². The first-order valence-electron chi connectivity index (χ1n) is 6.70. The normalized spacial score (nSPS) is 14.0. The summed E-state index contributed by atoms with van der Waals surface area (Å²) >= 11 is 3.53. The number of nitrogens with one attached hydrogen (secondary N) is 1. The van der Waals surface area contributed by atoms with Gasteiger partial charge in [0.15, 0.2) is 0 Å². The van der Waals surface area contributed by atoms with Gasteiger partial charge in [-0.3, -0.25) is 4.79 Å². The smallest absolute Gasteiger partial charge is 0.231 e. The summed E-state index contributed by atoms with van der Waals surface area (Å²) in [6.45, 7) is 4.21. The Bertz CT molecular complexity index is 635. The van der Waals surface area contributed by atoms with E-state index in [0.29, 0.717) is 13.0 Å². The maximum Gasteiger partial charge on any atom is 0.231 e. The van der Waals surface area contributed by atoms with Gasteiger partial charge in [-0.2, -0.15) is 0 Å². The zero-order chi connectivity index (χ0) is 14.8. The molecule has 3 N–H and O–H groups in total. The van der Waals surface area contributed by atoms with E-state index in [0.717, 1.165) is 20.9 Å². The van der Waals surface area contributed by atoms with Crippen molar-refractivity contribution in [3.8, 4) is 0 Å². The summed E-state index contributed by atoms with van der Waals surface area (Å²) in [4.78, 5) is 12.4. The van der Waals surface area contributed by atoms with E-state index in [2.05, 4.69) is 21.2 Å². The van der Waals surface area contributed by atoms with Crippen molar-refractivity contribution in [1.82, 2.24) is 0 Å². The Hall–Kier alpha value is -1.39. The molecule has 2 aromatic rings. The quantitative estimate of drug-likeness (QED) is 0.890. The molecule has 0 aliphatic rings. The summed E-state index contributed by atoms with van der Waals surface area (Å²) in [5.41, 5.74) is 6.03. The first kappa shape index (κ1) is 15.0. The predicted molar refractivity (Wildman–Crippen MR) is 87.7 cm³/mol. The van der Waals surface area contributed by atoms with E-state index in [1.807, 2.05) is 50.2 Å². The van der Waals surface area contributed by atoms with Crippen LogP contribution < -0.4 is 11.1 Å². The second-order valence-corrected chi connectivity index (χ2v) is 6.07. The Labute approximate surface area is 127 Å². The van der Waals surface area contributed by atoms with Crippen molar-refractivity contribution >= 4 is 38.3 Å². The Kier molecular flexibility index (Phi) is 4.45. The van der Waals surface area contributed by atoms with Crippen LogP contribution in [0.15, 0.2) is 40.9 Å². The lowest BCUT2D eigenvalue weighted by atomic mass is 9.86. The predicted octanol–water partition coefficient (Wildman–Crippen LogP) is 3.92. The molecule has 0 saturated heterocycles. The van der Waals surface area contributed by atoms with E-state index >= 15 is 0 Å². The van der Waals surface area contributed by atoms with Gasteiger partial charge in [-0.15, -0.1) is 0 Å². The Morgan fingerprint density at radius 2 is 1.90 bits per heavy atom. The van der Waals surface area contributed by atoms with Gasteiger partial charge in [0.1, 0.15) is 0 Å². The molecule has 0 radical (unpaired) electrons. The molecule has 2 aromatic carbocycles. The van der Waals surface area contributed by atoms with Crippen molar-refractivity contribution in [2.45, 2.75) is 20.3 Å². The van der Waals surface area contributed by atoms with Crippen LogP contribution in [0.2, 0.25) is 0 Å². The van der Waals surface area contributed by atoms with E-state index in [9.17, 15) is 4.79 Å². The van der Waals surface area contributed by atoms with Crippen LogP contribution in [0.1, 0.15) is 20.3 Å². The van der Waals surface area contributed by atoms with E-state index in [4.69, 9.17) is 5.73 Å². The highest BCUT2D eigenvalue weighted by Gasteiger charge is 2.29. The van der Waals surface area contributed by atoms with Gasteiger partial charge in [-0.25, -0.2) is 0 Å². The third-order valence-corrected chi connectivity index (χ3v) is 4.59. The molecule has 2 rings (SSSR count). The zero-order valence-electron chi connectivity index (χ0n) is 11.7. The number of benzene rings is 2. The van der Waals surface area contributed by atoms with E-state index < -0.39 is 5.41 Å². The summed E-state index contributed by atoms with van der Waals surface area (Å²) in [6.07, 6.45) is 0.712. The van der Waals surface area contributed by atoms with Gasteiger partial charge in [-0.1, -0.05) is 47.1 Å². The molecule has 0 aromatic heterocycles.